The standard InChI is InChI=1S/C15H21FN2O3/c1-3-18(15(19)13-10-21-7-6-17-13)9-11-4-5-14(20-2)12(16)8-11/h4-5,8,13,17H,3,6-7,9-10H2,1-2H3. The van der Waals surface area contributed by atoms with Crippen LogP contribution in [0, 0.1) is 5.82 Å². The predicted octanol–water partition coefficient (Wildman–Crippen LogP) is 1.17. The maximum atomic E-state index is 13.7. The van der Waals surface area contributed by atoms with Gasteiger partial charge in [0.2, 0.25) is 5.91 Å². The molecule has 0 saturated carbocycles. The molecule has 1 saturated heterocycles. The van der Waals surface area contributed by atoms with Crippen molar-refractivity contribution in [2.75, 3.05) is 33.4 Å². The van der Waals surface area contributed by atoms with Gasteiger partial charge in [0.1, 0.15) is 6.04 Å². The largest absolute Gasteiger partial charge is 0.494 e. The van der Waals surface area contributed by atoms with Gasteiger partial charge in [-0.2, -0.15) is 0 Å². The van der Waals surface area contributed by atoms with Gasteiger partial charge in [0.05, 0.1) is 20.3 Å². The van der Waals surface area contributed by atoms with Crippen molar-refractivity contribution < 1.29 is 18.7 Å². The van der Waals surface area contributed by atoms with Crippen LogP contribution in [0.15, 0.2) is 18.2 Å². The molecule has 1 fully saturated rings. The lowest BCUT2D eigenvalue weighted by Gasteiger charge is -2.29. The lowest BCUT2D eigenvalue weighted by Crippen LogP contribution is -2.52. The third-order valence-electron chi connectivity index (χ3n) is 3.50. The monoisotopic (exact) mass is 296 g/mol. The van der Waals surface area contributed by atoms with Gasteiger partial charge in [0, 0.05) is 19.6 Å². The van der Waals surface area contributed by atoms with Crippen molar-refractivity contribution in [3.8, 4) is 5.75 Å². The molecule has 21 heavy (non-hydrogen) atoms. The summed E-state index contributed by atoms with van der Waals surface area (Å²) in [7, 11) is 1.43. The smallest absolute Gasteiger partial charge is 0.242 e. The van der Waals surface area contributed by atoms with Crippen LogP contribution in [-0.2, 0) is 16.1 Å². The number of morpholine rings is 1. The summed E-state index contributed by atoms with van der Waals surface area (Å²) in [6.07, 6.45) is 0. The first-order valence-electron chi connectivity index (χ1n) is 7.08. The second-order valence-electron chi connectivity index (χ2n) is 4.90. The molecule has 1 aromatic carbocycles. The molecule has 5 nitrogen and oxygen atoms in total. The first-order valence-corrected chi connectivity index (χ1v) is 7.08. The summed E-state index contributed by atoms with van der Waals surface area (Å²) in [4.78, 5) is 14.1. The van der Waals surface area contributed by atoms with E-state index in [0.29, 0.717) is 32.8 Å². The second-order valence-corrected chi connectivity index (χ2v) is 4.90. The van der Waals surface area contributed by atoms with Crippen molar-refractivity contribution in [1.82, 2.24) is 10.2 Å². The molecule has 0 spiro atoms. The zero-order chi connectivity index (χ0) is 15.2. The van der Waals surface area contributed by atoms with E-state index in [-0.39, 0.29) is 17.7 Å². The fourth-order valence-electron chi connectivity index (χ4n) is 2.32. The first kappa shape index (κ1) is 15.7. The summed E-state index contributed by atoms with van der Waals surface area (Å²) in [6, 6.07) is 4.43. The topological polar surface area (TPSA) is 50.8 Å². The average Bonchev–Trinajstić information content (AvgIpc) is 2.53. The Hall–Kier alpha value is -1.66. The molecule has 1 N–H and O–H groups in total. The zero-order valence-electron chi connectivity index (χ0n) is 12.4. The fraction of sp³-hybridized carbons (Fsp3) is 0.533. The zero-order valence-corrected chi connectivity index (χ0v) is 12.4. The first-order chi connectivity index (χ1) is 10.2. The summed E-state index contributed by atoms with van der Waals surface area (Å²) in [5.41, 5.74) is 0.736. The number of rotatable bonds is 5. The number of ether oxygens (including phenoxy) is 2. The number of halogens is 1. The Balaban J connectivity index is 2.04. The highest BCUT2D eigenvalue weighted by atomic mass is 19.1. The molecule has 1 aliphatic heterocycles. The number of nitrogens with zero attached hydrogens (tertiary/aromatic N) is 1. The fourth-order valence-corrected chi connectivity index (χ4v) is 2.32. The lowest BCUT2D eigenvalue weighted by molar-refractivity contribution is -0.136. The van der Waals surface area contributed by atoms with Crippen molar-refractivity contribution in [2.24, 2.45) is 0 Å². The van der Waals surface area contributed by atoms with Crippen LogP contribution in [-0.4, -0.2) is 50.3 Å². The number of likely N-dealkylation sites (N-methyl/N-ethyl adjacent to an activating group) is 1. The van der Waals surface area contributed by atoms with Crippen LogP contribution in [0.1, 0.15) is 12.5 Å². The minimum atomic E-state index is -0.419. The normalized spacial score (nSPS) is 18.3. The van der Waals surface area contributed by atoms with Gasteiger partial charge in [0.15, 0.2) is 11.6 Å². The average molecular weight is 296 g/mol. The highest BCUT2D eigenvalue weighted by Gasteiger charge is 2.25. The van der Waals surface area contributed by atoms with Crippen molar-refractivity contribution in [3.05, 3.63) is 29.6 Å². The van der Waals surface area contributed by atoms with Gasteiger partial charge >= 0.3 is 0 Å². The highest BCUT2D eigenvalue weighted by molar-refractivity contribution is 5.82. The Bertz CT molecular complexity index is 490. The third-order valence-corrected chi connectivity index (χ3v) is 3.50. The van der Waals surface area contributed by atoms with E-state index in [1.54, 1.807) is 17.0 Å². The van der Waals surface area contributed by atoms with Gasteiger partial charge in [-0.05, 0) is 24.6 Å². The maximum Gasteiger partial charge on any atom is 0.242 e. The number of benzene rings is 1. The number of nitrogens with one attached hydrogen (secondary N) is 1. The van der Waals surface area contributed by atoms with Gasteiger partial charge in [-0.1, -0.05) is 6.07 Å². The van der Waals surface area contributed by atoms with E-state index < -0.39 is 5.82 Å². The molecular weight excluding hydrogens is 275 g/mol. The number of hydrogen-bond donors (Lipinski definition) is 1. The summed E-state index contributed by atoms with van der Waals surface area (Å²) in [5, 5.41) is 3.14. The quantitative estimate of drug-likeness (QED) is 0.886. The van der Waals surface area contributed by atoms with Gasteiger partial charge in [0.25, 0.3) is 0 Å². The molecule has 0 bridgehead atoms. The number of methoxy groups -OCH3 is 1. The number of carbonyl (C=O) groups is 1. The number of hydrogen-bond acceptors (Lipinski definition) is 4. The molecule has 1 amide bonds. The minimum absolute atomic E-state index is 0.0200. The van der Waals surface area contributed by atoms with Crippen LogP contribution in [0.25, 0.3) is 0 Å². The molecular formula is C15H21FN2O3. The van der Waals surface area contributed by atoms with Crippen LogP contribution in [0.2, 0.25) is 0 Å². The Morgan fingerprint density at radius 3 is 2.95 bits per heavy atom. The van der Waals surface area contributed by atoms with Crippen LogP contribution < -0.4 is 10.1 Å². The molecule has 1 atom stereocenters. The maximum absolute atomic E-state index is 13.7. The SMILES string of the molecule is CCN(Cc1ccc(OC)c(F)c1)C(=O)C1COCCN1. The molecule has 0 aromatic heterocycles. The molecule has 1 aliphatic rings. The lowest BCUT2D eigenvalue weighted by atomic mass is 10.1. The van der Waals surface area contributed by atoms with Crippen molar-refractivity contribution in [2.45, 2.75) is 19.5 Å². The van der Waals surface area contributed by atoms with Crippen LogP contribution >= 0.6 is 0 Å². The van der Waals surface area contributed by atoms with E-state index in [1.807, 2.05) is 6.92 Å². The third kappa shape index (κ3) is 3.92. The number of carbonyl (C=O) groups excluding carboxylic acids is 1. The molecule has 2 rings (SSSR count). The van der Waals surface area contributed by atoms with Gasteiger partial charge in [-0.3, -0.25) is 4.79 Å². The van der Waals surface area contributed by atoms with Crippen molar-refractivity contribution in [3.63, 3.8) is 0 Å². The van der Waals surface area contributed by atoms with E-state index in [9.17, 15) is 9.18 Å². The van der Waals surface area contributed by atoms with E-state index in [1.165, 1.54) is 13.2 Å². The molecule has 1 aromatic rings. The van der Waals surface area contributed by atoms with Gasteiger partial charge in [-0.25, -0.2) is 4.39 Å². The molecule has 0 aliphatic carbocycles. The van der Waals surface area contributed by atoms with Crippen LogP contribution in [0.4, 0.5) is 4.39 Å². The minimum Gasteiger partial charge on any atom is -0.494 e. The summed E-state index contributed by atoms with van der Waals surface area (Å²) >= 11 is 0. The van der Waals surface area contributed by atoms with E-state index in [0.717, 1.165) is 5.56 Å². The Kier molecular flexibility index (Phi) is 5.52. The van der Waals surface area contributed by atoms with Crippen molar-refractivity contribution in [1.29, 1.82) is 0 Å². The number of amides is 1. The summed E-state index contributed by atoms with van der Waals surface area (Å²) in [6.45, 7) is 4.51. The molecule has 1 heterocycles. The van der Waals surface area contributed by atoms with Gasteiger partial charge < -0.3 is 19.7 Å². The van der Waals surface area contributed by atoms with E-state index in [4.69, 9.17) is 9.47 Å². The van der Waals surface area contributed by atoms with Gasteiger partial charge in [-0.15, -0.1) is 0 Å². The second kappa shape index (κ2) is 7.38. The molecule has 116 valence electrons. The van der Waals surface area contributed by atoms with E-state index >= 15 is 0 Å². The Labute approximate surface area is 124 Å². The Morgan fingerprint density at radius 1 is 1.57 bits per heavy atom. The van der Waals surface area contributed by atoms with Crippen LogP contribution in [0.3, 0.4) is 0 Å². The van der Waals surface area contributed by atoms with Crippen LogP contribution in [0.5, 0.6) is 5.75 Å². The molecule has 6 heteroatoms. The summed E-state index contributed by atoms with van der Waals surface area (Å²) < 4.78 is 23.9. The molecule has 0 radical (unpaired) electrons. The predicted molar refractivity (Wildman–Crippen MR) is 76.7 cm³/mol. The highest BCUT2D eigenvalue weighted by Crippen LogP contribution is 2.19. The summed E-state index contributed by atoms with van der Waals surface area (Å²) in [5.74, 6) is -0.235. The van der Waals surface area contributed by atoms with E-state index in [2.05, 4.69) is 5.32 Å². The molecule has 1 unspecified atom stereocenters. The Morgan fingerprint density at radius 2 is 2.38 bits per heavy atom. The van der Waals surface area contributed by atoms with Crippen molar-refractivity contribution >= 4 is 5.91 Å².